The summed E-state index contributed by atoms with van der Waals surface area (Å²) in [4.78, 5) is 12.3. The van der Waals surface area contributed by atoms with Gasteiger partial charge in [-0.25, -0.2) is 0 Å². The lowest BCUT2D eigenvalue weighted by Crippen LogP contribution is -2.49. The molecule has 0 unspecified atom stereocenters. The predicted molar refractivity (Wildman–Crippen MR) is 73.9 cm³/mol. The number of non-ortho nitro benzene ring substituents is 1. The smallest absolute Gasteiger partial charge is 0.270 e. The molecule has 0 atom stereocenters. The van der Waals surface area contributed by atoms with Gasteiger partial charge in [0.05, 0.1) is 35.9 Å². The van der Waals surface area contributed by atoms with E-state index in [1.807, 2.05) is 11.0 Å². The molecule has 2 saturated heterocycles. The maximum absolute atomic E-state index is 10.8. The minimum Gasteiger partial charge on any atom is -0.365 e. The minimum atomic E-state index is -0.591. The van der Waals surface area contributed by atoms with Crippen LogP contribution in [0.5, 0.6) is 0 Å². The summed E-state index contributed by atoms with van der Waals surface area (Å²) >= 11 is 0. The number of anilines is 1. The van der Waals surface area contributed by atoms with Crippen LogP contribution in [0.3, 0.4) is 0 Å². The summed E-state index contributed by atoms with van der Waals surface area (Å²) in [7, 11) is 0. The Balaban J connectivity index is 1.89. The molecular formula is C14H15N3O4. The second kappa shape index (κ2) is 5.31. The summed E-state index contributed by atoms with van der Waals surface area (Å²) in [5.74, 6) is -0.591. The molecule has 1 spiro atoms. The van der Waals surface area contributed by atoms with Gasteiger partial charge in [-0.1, -0.05) is 0 Å². The third-order valence-electron chi connectivity index (χ3n) is 3.88. The molecule has 7 nitrogen and oxygen atoms in total. The molecule has 3 rings (SSSR count). The van der Waals surface area contributed by atoms with Gasteiger partial charge in [0.25, 0.3) is 5.69 Å². The van der Waals surface area contributed by atoms with E-state index in [9.17, 15) is 15.4 Å². The molecule has 0 N–H and O–H groups in total. The molecule has 1 aromatic carbocycles. The van der Waals surface area contributed by atoms with E-state index in [0.717, 1.165) is 19.4 Å². The zero-order valence-corrected chi connectivity index (χ0v) is 11.4. The summed E-state index contributed by atoms with van der Waals surface area (Å²) in [5, 5.41) is 20.1. The Hall–Kier alpha value is -2.17. The maximum atomic E-state index is 10.8. The van der Waals surface area contributed by atoms with Crippen molar-refractivity contribution in [1.29, 1.82) is 5.26 Å². The number of nitriles is 1. The summed E-state index contributed by atoms with van der Waals surface area (Å²) in [6.45, 7) is 2.48. The molecule has 2 aliphatic heterocycles. The molecule has 0 radical (unpaired) electrons. The van der Waals surface area contributed by atoms with E-state index in [1.165, 1.54) is 12.1 Å². The first kappa shape index (κ1) is 13.8. The molecule has 0 amide bonds. The van der Waals surface area contributed by atoms with Crippen molar-refractivity contribution < 1.29 is 14.4 Å². The van der Waals surface area contributed by atoms with Crippen molar-refractivity contribution in [3.63, 3.8) is 0 Å². The average Bonchev–Trinajstić information content (AvgIpc) is 2.94. The van der Waals surface area contributed by atoms with Gasteiger partial charge in [0, 0.05) is 25.1 Å². The Morgan fingerprint density at radius 2 is 2.14 bits per heavy atom. The largest absolute Gasteiger partial charge is 0.365 e. The van der Waals surface area contributed by atoms with Crippen LogP contribution < -0.4 is 4.90 Å². The highest BCUT2D eigenvalue weighted by molar-refractivity contribution is 5.63. The SMILES string of the molecule is N#Cc1cc([N+](=O)[O-])ccc1N1CCCC2(C1)OCCO2. The van der Waals surface area contributed by atoms with Crippen LogP contribution in [0.15, 0.2) is 18.2 Å². The first-order valence-corrected chi connectivity index (χ1v) is 6.85. The highest BCUT2D eigenvalue weighted by Crippen LogP contribution is 2.34. The lowest BCUT2D eigenvalue weighted by Gasteiger charge is -2.40. The van der Waals surface area contributed by atoms with E-state index in [-0.39, 0.29) is 5.69 Å². The molecule has 110 valence electrons. The van der Waals surface area contributed by atoms with Crippen molar-refractivity contribution in [1.82, 2.24) is 0 Å². The van der Waals surface area contributed by atoms with Crippen LogP contribution in [0, 0.1) is 21.4 Å². The molecule has 21 heavy (non-hydrogen) atoms. The van der Waals surface area contributed by atoms with E-state index in [4.69, 9.17) is 9.47 Å². The van der Waals surface area contributed by atoms with Gasteiger partial charge >= 0.3 is 0 Å². The highest BCUT2D eigenvalue weighted by Gasteiger charge is 2.41. The van der Waals surface area contributed by atoms with Crippen molar-refractivity contribution in [3.05, 3.63) is 33.9 Å². The number of hydrogen-bond donors (Lipinski definition) is 0. The predicted octanol–water partition coefficient (Wildman–Crippen LogP) is 1.81. The van der Waals surface area contributed by atoms with Gasteiger partial charge in [0.2, 0.25) is 0 Å². The van der Waals surface area contributed by atoms with E-state index >= 15 is 0 Å². The number of nitro benzene ring substituents is 1. The Morgan fingerprint density at radius 1 is 1.38 bits per heavy atom. The Morgan fingerprint density at radius 3 is 2.81 bits per heavy atom. The van der Waals surface area contributed by atoms with E-state index in [0.29, 0.717) is 31.0 Å². The zero-order chi connectivity index (χ0) is 14.9. The van der Waals surface area contributed by atoms with Gasteiger partial charge in [0.1, 0.15) is 6.07 Å². The van der Waals surface area contributed by atoms with E-state index in [2.05, 4.69) is 0 Å². The Kier molecular flexibility index (Phi) is 3.49. The molecule has 0 aliphatic carbocycles. The molecular weight excluding hydrogens is 274 g/mol. The van der Waals surface area contributed by atoms with Crippen molar-refractivity contribution in [2.24, 2.45) is 0 Å². The van der Waals surface area contributed by atoms with Crippen molar-refractivity contribution >= 4 is 11.4 Å². The fourth-order valence-corrected chi connectivity index (χ4v) is 2.93. The normalized spacial score (nSPS) is 20.4. The second-order valence-electron chi connectivity index (χ2n) is 5.20. The third kappa shape index (κ3) is 2.55. The van der Waals surface area contributed by atoms with Crippen LogP contribution in [0.2, 0.25) is 0 Å². The van der Waals surface area contributed by atoms with Crippen LogP contribution in [-0.2, 0) is 9.47 Å². The number of benzene rings is 1. The van der Waals surface area contributed by atoms with Gasteiger partial charge in [-0.05, 0) is 12.5 Å². The van der Waals surface area contributed by atoms with Gasteiger partial charge in [-0.15, -0.1) is 0 Å². The molecule has 2 fully saturated rings. The second-order valence-corrected chi connectivity index (χ2v) is 5.20. The molecule has 1 aromatic rings. The standard InChI is InChI=1S/C14H15N3O4/c15-9-11-8-12(17(18)19)2-3-13(11)16-5-1-4-14(10-16)20-6-7-21-14/h2-3,8H,1,4-7,10H2. The van der Waals surface area contributed by atoms with Crippen LogP contribution in [0.25, 0.3) is 0 Å². The van der Waals surface area contributed by atoms with Crippen LogP contribution in [-0.4, -0.2) is 37.0 Å². The van der Waals surface area contributed by atoms with Gasteiger partial charge in [-0.2, -0.15) is 5.26 Å². The Labute approximate surface area is 121 Å². The monoisotopic (exact) mass is 289 g/mol. The highest BCUT2D eigenvalue weighted by atomic mass is 16.7. The van der Waals surface area contributed by atoms with E-state index in [1.54, 1.807) is 6.07 Å². The quantitative estimate of drug-likeness (QED) is 0.609. The maximum Gasteiger partial charge on any atom is 0.270 e. The average molecular weight is 289 g/mol. The molecule has 2 heterocycles. The van der Waals surface area contributed by atoms with Gasteiger partial charge < -0.3 is 14.4 Å². The topological polar surface area (TPSA) is 88.6 Å². The molecule has 2 aliphatic rings. The Bertz CT molecular complexity index is 605. The number of piperidine rings is 1. The van der Waals surface area contributed by atoms with E-state index < -0.39 is 10.7 Å². The number of ether oxygens (including phenoxy) is 2. The lowest BCUT2D eigenvalue weighted by molar-refractivity contribution is -0.384. The van der Waals surface area contributed by atoms with Gasteiger partial charge in [0.15, 0.2) is 5.79 Å². The number of hydrogen-bond acceptors (Lipinski definition) is 6. The van der Waals surface area contributed by atoms with Crippen molar-refractivity contribution in [2.75, 3.05) is 31.2 Å². The molecule has 0 saturated carbocycles. The molecule has 7 heteroatoms. The first-order chi connectivity index (χ1) is 10.1. The first-order valence-electron chi connectivity index (χ1n) is 6.85. The van der Waals surface area contributed by atoms with Crippen LogP contribution in [0.4, 0.5) is 11.4 Å². The molecule has 0 bridgehead atoms. The zero-order valence-electron chi connectivity index (χ0n) is 11.4. The molecule has 0 aromatic heterocycles. The van der Waals surface area contributed by atoms with Crippen LogP contribution >= 0.6 is 0 Å². The summed E-state index contributed by atoms with van der Waals surface area (Å²) < 4.78 is 11.4. The fourth-order valence-electron chi connectivity index (χ4n) is 2.93. The summed E-state index contributed by atoms with van der Waals surface area (Å²) in [6, 6.07) is 6.41. The van der Waals surface area contributed by atoms with Gasteiger partial charge in [-0.3, -0.25) is 10.1 Å². The summed E-state index contributed by atoms with van der Waals surface area (Å²) in [5.41, 5.74) is 0.927. The van der Waals surface area contributed by atoms with Crippen molar-refractivity contribution in [3.8, 4) is 6.07 Å². The minimum absolute atomic E-state index is 0.0737. The fraction of sp³-hybridized carbons (Fsp3) is 0.500. The number of nitro groups is 1. The lowest BCUT2D eigenvalue weighted by atomic mass is 10.0. The number of nitrogens with zero attached hydrogens (tertiary/aromatic N) is 3. The van der Waals surface area contributed by atoms with Crippen molar-refractivity contribution in [2.45, 2.75) is 18.6 Å². The summed E-state index contributed by atoms with van der Waals surface area (Å²) in [6.07, 6.45) is 1.72. The third-order valence-corrected chi connectivity index (χ3v) is 3.88. The van der Waals surface area contributed by atoms with Crippen LogP contribution in [0.1, 0.15) is 18.4 Å². The number of rotatable bonds is 2.